The average Bonchev–Trinajstić information content (AvgIpc) is 3.12. The number of likely N-dealkylation sites (tertiary alicyclic amines) is 1. The van der Waals surface area contributed by atoms with E-state index < -0.39 is 0 Å². The third-order valence-electron chi connectivity index (χ3n) is 5.12. The number of nitrogens with two attached hydrogens (primary N) is 1. The van der Waals surface area contributed by atoms with Gasteiger partial charge in [0.2, 0.25) is 5.91 Å². The molecule has 5 nitrogen and oxygen atoms in total. The maximum absolute atomic E-state index is 13.0. The summed E-state index contributed by atoms with van der Waals surface area (Å²) in [6, 6.07) is 15.8. The van der Waals surface area contributed by atoms with Crippen LogP contribution in [0.15, 0.2) is 53.4 Å². The molecule has 7 heteroatoms. The predicted octanol–water partition coefficient (Wildman–Crippen LogP) is 2.97. The molecule has 2 aromatic carbocycles. The highest BCUT2D eigenvalue weighted by atomic mass is 35.5. The summed E-state index contributed by atoms with van der Waals surface area (Å²) >= 11 is 1.50. The van der Waals surface area contributed by atoms with Crippen molar-refractivity contribution in [3.8, 4) is 0 Å². The van der Waals surface area contributed by atoms with Crippen LogP contribution in [-0.4, -0.2) is 42.1 Å². The van der Waals surface area contributed by atoms with Gasteiger partial charge in [-0.05, 0) is 36.2 Å². The molecule has 2 amide bonds. The summed E-state index contributed by atoms with van der Waals surface area (Å²) in [7, 11) is 0. The van der Waals surface area contributed by atoms with Gasteiger partial charge in [-0.3, -0.25) is 9.59 Å². The van der Waals surface area contributed by atoms with Crippen LogP contribution in [0.1, 0.15) is 21.8 Å². The number of halogens is 1. The number of fused-ring (bicyclic) bond motifs is 1. The van der Waals surface area contributed by atoms with Gasteiger partial charge in [0.1, 0.15) is 0 Å². The molecule has 1 saturated heterocycles. The van der Waals surface area contributed by atoms with Crippen molar-refractivity contribution in [1.82, 2.24) is 4.90 Å². The first kappa shape index (κ1) is 19.7. The quantitative estimate of drug-likeness (QED) is 0.826. The molecule has 27 heavy (non-hydrogen) atoms. The highest BCUT2D eigenvalue weighted by Gasteiger charge is 2.35. The molecule has 0 saturated carbocycles. The number of carbonyl (C=O) groups excluding carboxylic acids is 2. The summed E-state index contributed by atoms with van der Waals surface area (Å²) in [5.74, 6) is 0.908. The molecule has 0 bridgehead atoms. The zero-order valence-electron chi connectivity index (χ0n) is 14.8. The number of nitrogens with one attached hydrogen (secondary N) is 1. The van der Waals surface area contributed by atoms with Gasteiger partial charge < -0.3 is 16.0 Å². The van der Waals surface area contributed by atoms with Crippen molar-refractivity contribution in [2.45, 2.75) is 10.8 Å². The number of hydrogen-bond donors (Lipinski definition) is 2. The first-order valence-corrected chi connectivity index (χ1v) is 9.75. The lowest BCUT2D eigenvalue weighted by Gasteiger charge is -2.20. The lowest BCUT2D eigenvalue weighted by Crippen LogP contribution is -2.30. The molecule has 2 aliphatic heterocycles. The molecule has 1 fully saturated rings. The molecule has 0 aliphatic carbocycles. The van der Waals surface area contributed by atoms with Gasteiger partial charge in [-0.25, -0.2) is 0 Å². The Kier molecular flexibility index (Phi) is 6.09. The van der Waals surface area contributed by atoms with E-state index in [1.807, 2.05) is 35.2 Å². The van der Waals surface area contributed by atoms with Crippen LogP contribution in [-0.2, 0) is 4.79 Å². The number of rotatable bonds is 3. The summed E-state index contributed by atoms with van der Waals surface area (Å²) < 4.78 is 0. The summed E-state index contributed by atoms with van der Waals surface area (Å²) in [6.07, 6.45) is 0. The minimum atomic E-state index is -0.0272. The van der Waals surface area contributed by atoms with Crippen molar-refractivity contribution >= 4 is 41.7 Å². The van der Waals surface area contributed by atoms with Crippen molar-refractivity contribution < 1.29 is 9.59 Å². The molecule has 2 aliphatic rings. The van der Waals surface area contributed by atoms with E-state index in [1.165, 1.54) is 17.3 Å². The number of carbonyl (C=O) groups is 2. The van der Waals surface area contributed by atoms with E-state index >= 15 is 0 Å². The molecule has 0 spiro atoms. The highest BCUT2D eigenvalue weighted by molar-refractivity contribution is 8.00. The number of benzene rings is 2. The van der Waals surface area contributed by atoms with Crippen LogP contribution >= 0.6 is 24.2 Å². The second-order valence-corrected chi connectivity index (χ2v) is 7.79. The Hall–Kier alpha value is -2.02. The van der Waals surface area contributed by atoms with E-state index in [2.05, 4.69) is 17.4 Å². The summed E-state index contributed by atoms with van der Waals surface area (Å²) in [5, 5.41) is 2.85. The van der Waals surface area contributed by atoms with Gasteiger partial charge in [0.05, 0.1) is 11.4 Å². The fourth-order valence-corrected chi connectivity index (χ4v) is 4.54. The van der Waals surface area contributed by atoms with Crippen molar-refractivity contribution in [1.29, 1.82) is 0 Å². The van der Waals surface area contributed by atoms with E-state index in [1.54, 1.807) is 6.07 Å². The topological polar surface area (TPSA) is 75.4 Å². The summed E-state index contributed by atoms with van der Waals surface area (Å²) in [6.45, 7) is 1.89. The molecule has 2 aromatic rings. The summed E-state index contributed by atoms with van der Waals surface area (Å²) in [5.41, 5.74) is 8.55. The molecule has 4 rings (SSSR count). The molecule has 2 heterocycles. The molecule has 142 valence electrons. The number of anilines is 1. The van der Waals surface area contributed by atoms with E-state index in [4.69, 9.17) is 5.73 Å². The Balaban J connectivity index is 0.00000210. The van der Waals surface area contributed by atoms with Crippen molar-refractivity contribution in [2.24, 2.45) is 11.7 Å². The Bertz CT molecular complexity index is 846. The van der Waals surface area contributed by atoms with Crippen LogP contribution in [0, 0.1) is 5.92 Å². The molecule has 0 unspecified atom stereocenters. The SMILES string of the molecule is Cl.NC[C@@H]1CN(C(=O)c2ccc3c(c2)NC(=O)CS3)C[C@H]1c1ccccc1. The maximum Gasteiger partial charge on any atom is 0.253 e. The van der Waals surface area contributed by atoms with Gasteiger partial charge in [0.15, 0.2) is 0 Å². The number of thioether (sulfide) groups is 1. The van der Waals surface area contributed by atoms with Crippen LogP contribution < -0.4 is 11.1 Å². The van der Waals surface area contributed by atoms with E-state index in [0.29, 0.717) is 31.0 Å². The van der Waals surface area contributed by atoms with Crippen LogP contribution in [0.5, 0.6) is 0 Å². The Labute approximate surface area is 169 Å². The highest BCUT2D eigenvalue weighted by Crippen LogP contribution is 2.35. The van der Waals surface area contributed by atoms with Crippen LogP contribution in [0.25, 0.3) is 0 Å². The van der Waals surface area contributed by atoms with E-state index in [-0.39, 0.29) is 36.1 Å². The van der Waals surface area contributed by atoms with Crippen LogP contribution in [0.2, 0.25) is 0 Å². The Morgan fingerprint density at radius 3 is 2.70 bits per heavy atom. The van der Waals surface area contributed by atoms with Gasteiger partial charge >= 0.3 is 0 Å². The largest absolute Gasteiger partial charge is 0.338 e. The van der Waals surface area contributed by atoms with E-state index in [0.717, 1.165) is 10.6 Å². The molecule has 2 atom stereocenters. The maximum atomic E-state index is 13.0. The van der Waals surface area contributed by atoms with Crippen LogP contribution in [0.3, 0.4) is 0 Å². The predicted molar refractivity (Wildman–Crippen MR) is 111 cm³/mol. The van der Waals surface area contributed by atoms with Gasteiger partial charge in [-0.15, -0.1) is 24.2 Å². The van der Waals surface area contributed by atoms with Gasteiger partial charge in [-0.2, -0.15) is 0 Å². The van der Waals surface area contributed by atoms with Crippen molar-refractivity contribution in [3.05, 3.63) is 59.7 Å². The fraction of sp³-hybridized carbons (Fsp3) is 0.300. The second kappa shape index (κ2) is 8.33. The minimum Gasteiger partial charge on any atom is -0.338 e. The number of amides is 2. The lowest BCUT2D eigenvalue weighted by atomic mass is 9.89. The standard InChI is InChI=1S/C20H21N3O2S.ClH/c21-9-15-10-23(11-16(15)13-4-2-1-3-5-13)20(25)14-6-7-18-17(8-14)22-19(24)12-26-18;/h1-8,15-16H,9-12,21H2,(H,22,24);1H/t15-,16+;/m1./s1. The van der Waals surface area contributed by atoms with Crippen molar-refractivity contribution in [2.75, 3.05) is 30.7 Å². The Morgan fingerprint density at radius 1 is 1.19 bits per heavy atom. The minimum absolute atomic E-state index is 0. The average molecular weight is 404 g/mol. The second-order valence-electron chi connectivity index (χ2n) is 6.77. The fourth-order valence-electron chi connectivity index (χ4n) is 3.75. The molecule has 0 aromatic heterocycles. The monoisotopic (exact) mass is 403 g/mol. The molecular formula is C20H22ClN3O2S. The Morgan fingerprint density at radius 2 is 1.96 bits per heavy atom. The van der Waals surface area contributed by atoms with Gasteiger partial charge in [0.25, 0.3) is 5.91 Å². The van der Waals surface area contributed by atoms with Crippen LogP contribution in [0.4, 0.5) is 5.69 Å². The zero-order chi connectivity index (χ0) is 18.1. The van der Waals surface area contributed by atoms with Gasteiger partial charge in [-0.1, -0.05) is 30.3 Å². The molecule has 0 radical (unpaired) electrons. The smallest absolute Gasteiger partial charge is 0.253 e. The zero-order valence-corrected chi connectivity index (χ0v) is 16.4. The third-order valence-corrected chi connectivity index (χ3v) is 6.19. The van der Waals surface area contributed by atoms with Gasteiger partial charge in [0, 0.05) is 29.5 Å². The first-order valence-electron chi connectivity index (χ1n) is 8.76. The summed E-state index contributed by atoms with van der Waals surface area (Å²) in [4.78, 5) is 27.5. The molecular weight excluding hydrogens is 382 g/mol. The van der Waals surface area contributed by atoms with E-state index in [9.17, 15) is 9.59 Å². The first-order chi connectivity index (χ1) is 12.7. The number of nitrogens with zero attached hydrogens (tertiary/aromatic N) is 1. The number of hydrogen-bond acceptors (Lipinski definition) is 4. The van der Waals surface area contributed by atoms with Crippen molar-refractivity contribution in [3.63, 3.8) is 0 Å². The lowest BCUT2D eigenvalue weighted by molar-refractivity contribution is -0.113. The third kappa shape index (κ3) is 3.98. The normalized spacial score (nSPS) is 21.2. The molecule has 3 N–H and O–H groups in total.